The lowest BCUT2D eigenvalue weighted by molar-refractivity contribution is 0.556. The molecule has 0 aliphatic rings. The fraction of sp³-hybridized carbons (Fsp3) is 0.560. The van der Waals surface area contributed by atoms with Crippen molar-refractivity contribution in [3.63, 3.8) is 0 Å². The van der Waals surface area contributed by atoms with Gasteiger partial charge in [-0.15, -0.1) is 0 Å². The second-order valence-corrected chi connectivity index (χ2v) is 23.3. The molecule has 0 amide bonds. The number of hydrogen-bond donors (Lipinski definition) is 0. The third-order valence-electron chi connectivity index (χ3n) is 16.1. The molecule has 0 spiro atoms. The summed E-state index contributed by atoms with van der Waals surface area (Å²) in [6, 6.07) is 35.4. The van der Waals surface area contributed by atoms with E-state index < -0.39 is 0 Å². The normalized spacial score (nSPS) is 11.1. The lowest BCUT2D eigenvalue weighted by Crippen LogP contribution is -2.00. The Balaban J connectivity index is 0.000000278. The minimum atomic E-state index is 0.708. The van der Waals surface area contributed by atoms with Crippen molar-refractivity contribution >= 4 is 0 Å². The van der Waals surface area contributed by atoms with E-state index in [-0.39, 0.29) is 0 Å². The number of hydrogen-bond acceptors (Lipinski definition) is 3. The first kappa shape index (κ1) is 65.6. The van der Waals surface area contributed by atoms with E-state index in [4.69, 9.17) is 15.0 Å². The average Bonchev–Trinajstić information content (AvgIpc) is 3.48. The summed E-state index contributed by atoms with van der Waals surface area (Å²) in [6.45, 7) is 24.8. The first-order valence-electron chi connectivity index (χ1n) is 32.2. The summed E-state index contributed by atoms with van der Waals surface area (Å²) in [7, 11) is 0. The molecule has 78 heavy (non-hydrogen) atoms. The highest BCUT2D eigenvalue weighted by Crippen LogP contribution is 2.27. The van der Waals surface area contributed by atoms with Crippen molar-refractivity contribution in [2.24, 2.45) is 0 Å². The van der Waals surface area contributed by atoms with Crippen LogP contribution < -0.4 is 0 Å². The first-order valence-corrected chi connectivity index (χ1v) is 32.2. The Bertz CT molecular complexity index is 2280. The van der Waals surface area contributed by atoms with Gasteiger partial charge in [-0.25, -0.2) is 15.0 Å². The maximum absolute atomic E-state index is 4.88. The van der Waals surface area contributed by atoms with Gasteiger partial charge in [-0.05, 0) is 156 Å². The molecule has 0 saturated heterocycles. The van der Waals surface area contributed by atoms with Crippen molar-refractivity contribution in [3.05, 3.63) is 158 Å². The van der Waals surface area contributed by atoms with Crippen molar-refractivity contribution in [2.45, 2.75) is 275 Å². The number of aromatic nitrogens is 3. The molecule has 6 rings (SSSR count). The van der Waals surface area contributed by atoms with E-state index in [0.29, 0.717) is 11.6 Å². The Hall–Kier alpha value is -4.89. The maximum Gasteiger partial charge on any atom is 0.164 e. The van der Waals surface area contributed by atoms with Gasteiger partial charge in [-0.1, -0.05) is 278 Å². The predicted molar refractivity (Wildman–Crippen MR) is 344 cm³/mol. The number of unbranched alkanes of at least 4 members (excludes halogenated alkanes) is 21. The van der Waals surface area contributed by atoms with Gasteiger partial charge in [-0.3, -0.25) is 0 Å². The van der Waals surface area contributed by atoms with Crippen LogP contribution in [0.5, 0.6) is 0 Å². The molecule has 0 unspecified atom stereocenters. The van der Waals surface area contributed by atoms with Gasteiger partial charge < -0.3 is 0 Å². The molecule has 0 aliphatic carbocycles. The van der Waals surface area contributed by atoms with Crippen LogP contribution in [0.1, 0.15) is 263 Å². The molecule has 1 heterocycles. The largest absolute Gasteiger partial charge is 0.208 e. The van der Waals surface area contributed by atoms with Gasteiger partial charge >= 0.3 is 0 Å². The van der Waals surface area contributed by atoms with Gasteiger partial charge in [0.15, 0.2) is 17.5 Å². The number of benzene rings is 5. The fourth-order valence-corrected chi connectivity index (χ4v) is 10.7. The Labute approximate surface area is 480 Å². The fourth-order valence-electron chi connectivity index (χ4n) is 10.7. The third kappa shape index (κ3) is 25.5. The summed E-state index contributed by atoms with van der Waals surface area (Å²) in [5.41, 5.74) is 19.2. The molecule has 426 valence electrons. The molecule has 5 aromatic carbocycles. The van der Waals surface area contributed by atoms with Crippen LogP contribution in [0, 0.1) is 41.5 Å². The number of aryl methyl sites for hydroxylation is 11. The minimum Gasteiger partial charge on any atom is -0.208 e. The van der Waals surface area contributed by atoms with Crippen molar-refractivity contribution in [1.29, 1.82) is 0 Å². The van der Waals surface area contributed by atoms with Crippen LogP contribution in [0.3, 0.4) is 0 Å². The predicted octanol–water partition coefficient (Wildman–Crippen LogP) is 23.1. The zero-order valence-electron chi connectivity index (χ0n) is 52.0. The molecule has 6 aromatic rings. The quantitative estimate of drug-likeness (QED) is 0.0378. The molecule has 0 bridgehead atoms. The van der Waals surface area contributed by atoms with Gasteiger partial charge in [0.1, 0.15) is 0 Å². The van der Waals surface area contributed by atoms with Gasteiger partial charge in [0.05, 0.1) is 0 Å². The van der Waals surface area contributed by atoms with Crippen LogP contribution in [0.2, 0.25) is 0 Å². The second-order valence-electron chi connectivity index (χ2n) is 23.3. The zero-order chi connectivity index (χ0) is 56.2. The summed E-state index contributed by atoms with van der Waals surface area (Å²) in [5.74, 6) is 2.14. The monoisotopic (exact) mass is 1050 g/mol. The average molecular weight is 1050 g/mol. The molecular weight excluding hydrogens is 943 g/mol. The van der Waals surface area contributed by atoms with E-state index in [1.165, 1.54) is 232 Å². The van der Waals surface area contributed by atoms with Crippen molar-refractivity contribution in [1.82, 2.24) is 15.0 Å². The minimum absolute atomic E-state index is 0.708. The highest BCUT2D eigenvalue weighted by Gasteiger charge is 2.13. The smallest absolute Gasteiger partial charge is 0.164 e. The molecule has 0 aliphatic heterocycles. The van der Waals surface area contributed by atoms with Crippen molar-refractivity contribution in [3.8, 4) is 34.2 Å². The molecule has 0 fully saturated rings. The Morgan fingerprint density at radius 3 is 0.731 bits per heavy atom. The van der Waals surface area contributed by atoms with Crippen LogP contribution in [-0.4, -0.2) is 15.0 Å². The lowest BCUT2D eigenvalue weighted by Gasteiger charge is -2.12. The van der Waals surface area contributed by atoms with Crippen LogP contribution in [0.15, 0.2) is 97.1 Å². The highest BCUT2D eigenvalue weighted by atomic mass is 15.0. The van der Waals surface area contributed by atoms with Crippen LogP contribution in [0.25, 0.3) is 34.2 Å². The highest BCUT2D eigenvalue weighted by molar-refractivity contribution is 5.66. The lowest BCUT2D eigenvalue weighted by atomic mass is 9.93. The molecular formula is C75H111N3. The summed E-state index contributed by atoms with van der Waals surface area (Å²) in [6.07, 6.45) is 41.7. The first-order chi connectivity index (χ1) is 38.0. The Kier molecular flexibility index (Phi) is 33.2. The summed E-state index contributed by atoms with van der Waals surface area (Å²) >= 11 is 0. The van der Waals surface area contributed by atoms with E-state index in [1.807, 2.05) is 0 Å². The van der Waals surface area contributed by atoms with E-state index in [0.717, 1.165) is 28.9 Å². The van der Waals surface area contributed by atoms with Crippen molar-refractivity contribution < 1.29 is 0 Å². The number of nitrogens with zero attached hydrogens (tertiary/aromatic N) is 3. The third-order valence-corrected chi connectivity index (χ3v) is 16.1. The zero-order valence-corrected chi connectivity index (χ0v) is 52.0. The van der Waals surface area contributed by atoms with E-state index >= 15 is 0 Å². The van der Waals surface area contributed by atoms with Gasteiger partial charge in [0, 0.05) is 16.7 Å². The number of rotatable bonds is 34. The molecule has 3 heteroatoms. The summed E-state index contributed by atoms with van der Waals surface area (Å²) < 4.78 is 0. The second kappa shape index (κ2) is 39.5. The standard InChI is InChI=1S/C35H43N3.2C20H34/c1-4-5-6-7-8-9-10-11-12-13-14-29-19-25-32(26-20-29)35-37-33(30-21-15-27(2)16-22-30)36-34(38-35)31-23-17-28(3)18-24-31;2*1-5-7-9-11-13-19-15-18(4)20(16-17(19)3)14-12-10-8-6-2/h15-26H,4-14H2,1-3H3;2*15-16H,5-14H2,1-4H3. The van der Waals surface area contributed by atoms with E-state index in [1.54, 1.807) is 22.3 Å². The van der Waals surface area contributed by atoms with Crippen molar-refractivity contribution in [2.75, 3.05) is 0 Å². The van der Waals surface area contributed by atoms with Gasteiger partial charge in [-0.2, -0.15) is 0 Å². The van der Waals surface area contributed by atoms with E-state index in [9.17, 15) is 0 Å². The molecule has 0 atom stereocenters. The topological polar surface area (TPSA) is 38.7 Å². The van der Waals surface area contributed by atoms with Crippen LogP contribution in [0.4, 0.5) is 0 Å². The summed E-state index contributed by atoms with van der Waals surface area (Å²) in [5, 5.41) is 0. The van der Waals surface area contributed by atoms with Gasteiger partial charge in [0.25, 0.3) is 0 Å². The summed E-state index contributed by atoms with van der Waals surface area (Å²) in [4.78, 5) is 14.6. The molecule has 1 aromatic heterocycles. The van der Waals surface area contributed by atoms with Crippen LogP contribution in [-0.2, 0) is 32.1 Å². The van der Waals surface area contributed by atoms with Crippen LogP contribution >= 0.6 is 0 Å². The molecule has 3 nitrogen and oxygen atoms in total. The molecule has 0 saturated carbocycles. The van der Waals surface area contributed by atoms with Gasteiger partial charge in [0.2, 0.25) is 0 Å². The maximum atomic E-state index is 4.88. The SMILES string of the molecule is CCCCCCCCCCCCc1ccc(-c2nc(-c3ccc(C)cc3)nc(-c3ccc(C)cc3)n2)cc1.CCCCCCc1cc(C)c(CCCCCC)cc1C.CCCCCCc1cc(C)c(CCCCCC)cc1C. The molecule has 0 radical (unpaired) electrons. The Morgan fingerprint density at radius 2 is 0.462 bits per heavy atom. The van der Waals surface area contributed by atoms with E-state index in [2.05, 4.69) is 173 Å². The molecule has 0 N–H and O–H groups in total. The Morgan fingerprint density at radius 1 is 0.244 bits per heavy atom.